The van der Waals surface area contributed by atoms with Crippen LogP contribution in [0.2, 0.25) is 0 Å². The second-order valence-corrected chi connectivity index (χ2v) is 15.0. The number of hydrogen-bond donors (Lipinski definition) is 7. The van der Waals surface area contributed by atoms with Gasteiger partial charge >= 0.3 is 5.97 Å². The van der Waals surface area contributed by atoms with Crippen molar-refractivity contribution < 1.29 is 39.0 Å². The minimum absolute atomic E-state index is 0.0172. The van der Waals surface area contributed by atoms with Crippen molar-refractivity contribution in [3.8, 4) is 5.75 Å². The third-order valence-electron chi connectivity index (χ3n) is 9.83. The number of carboxylic acid groups (broad SMARTS) is 1. The van der Waals surface area contributed by atoms with Crippen molar-refractivity contribution in [3.63, 3.8) is 0 Å². The summed E-state index contributed by atoms with van der Waals surface area (Å²) in [5, 5.41) is 30.2. The number of likely N-dealkylation sites (tertiary alicyclic amines) is 1. The van der Waals surface area contributed by atoms with E-state index in [9.17, 15) is 39.0 Å². The summed E-state index contributed by atoms with van der Waals surface area (Å²) in [6.07, 6.45) is 1.90. The Morgan fingerprint density at radius 3 is 1.96 bits per heavy atom. The minimum atomic E-state index is -1.18. The molecule has 2 aromatic rings. The van der Waals surface area contributed by atoms with E-state index in [1.165, 1.54) is 17.0 Å². The van der Waals surface area contributed by atoms with Crippen LogP contribution in [0.1, 0.15) is 78.4 Å². The number of phenolic OH excluding ortho intramolecular Hbond substituents is 1. The molecule has 296 valence electrons. The monoisotopic (exact) mass is 750 g/mol. The molecule has 1 saturated heterocycles. The Kier molecular flexibility index (Phi) is 16.5. The van der Waals surface area contributed by atoms with Crippen LogP contribution in [-0.2, 0) is 41.6 Å². The van der Waals surface area contributed by atoms with E-state index < -0.39 is 77.7 Å². The summed E-state index contributed by atoms with van der Waals surface area (Å²) in [5.41, 5.74) is 7.73. The molecule has 1 aliphatic rings. The summed E-state index contributed by atoms with van der Waals surface area (Å²) in [6.45, 7) is 11.0. The zero-order valence-corrected chi connectivity index (χ0v) is 32.2. The zero-order valence-electron chi connectivity index (χ0n) is 32.2. The number of phenols is 1. The normalized spacial score (nSPS) is 17.5. The van der Waals surface area contributed by atoms with Gasteiger partial charge < -0.3 is 42.1 Å². The Labute approximate surface area is 318 Å². The highest BCUT2D eigenvalue weighted by Crippen LogP contribution is 2.21. The number of carboxylic acids is 1. The summed E-state index contributed by atoms with van der Waals surface area (Å²) in [6, 6.07) is 9.23. The average molecular weight is 751 g/mol. The topological polar surface area (TPSA) is 220 Å². The van der Waals surface area contributed by atoms with Gasteiger partial charge in [-0.2, -0.15) is 0 Å². The molecule has 8 N–H and O–H groups in total. The molecule has 54 heavy (non-hydrogen) atoms. The van der Waals surface area contributed by atoms with Gasteiger partial charge in [-0.05, 0) is 66.7 Å². The fourth-order valence-corrected chi connectivity index (χ4v) is 6.49. The highest BCUT2D eigenvalue weighted by Gasteiger charge is 2.40. The van der Waals surface area contributed by atoms with Crippen LogP contribution >= 0.6 is 0 Å². The van der Waals surface area contributed by atoms with Crippen LogP contribution in [0, 0.1) is 17.8 Å². The molecular formula is C40H58N6O8. The molecule has 0 bridgehead atoms. The molecule has 7 atom stereocenters. The fraction of sp³-hybridized carbons (Fsp3) is 0.550. The minimum Gasteiger partial charge on any atom is -0.508 e. The number of amides is 5. The van der Waals surface area contributed by atoms with E-state index in [0.29, 0.717) is 19.3 Å². The molecule has 2 aromatic carbocycles. The van der Waals surface area contributed by atoms with Crippen molar-refractivity contribution in [2.24, 2.45) is 23.5 Å². The number of rotatable bonds is 19. The van der Waals surface area contributed by atoms with E-state index in [0.717, 1.165) is 11.1 Å². The van der Waals surface area contributed by atoms with Crippen LogP contribution in [0.3, 0.4) is 0 Å². The SMILES string of the molecule is CC[C@H](C)[C@H](NC(=O)[C@@H](N)Cc1ccc(O)cc1)C(=O)N[C@@H](Cc1ccccc1)C(=O)N1CCC[C@H]1C(=O)N[C@@H](CC(C)C)C(=O)N[C@H](C(=O)O)C(C)C. The van der Waals surface area contributed by atoms with Crippen LogP contribution in [-0.4, -0.2) is 93.4 Å². The molecule has 0 spiro atoms. The molecule has 5 amide bonds. The smallest absolute Gasteiger partial charge is 0.326 e. The Bertz CT molecular complexity index is 1580. The number of aliphatic carboxylic acids is 1. The van der Waals surface area contributed by atoms with Gasteiger partial charge in [0.25, 0.3) is 0 Å². The maximum absolute atomic E-state index is 14.4. The first-order valence-corrected chi connectivity index (χ1v) is 18.8. The standard InChI is InChI=1S/C40H58N6O8/c1-7-25(6)34(45-35(48)29(41)21-27-15-17-28(47)18-16-27)38(51)43-31(22-26-12-9-8-10-13-26)39(52)46-19-11-14-32(46)37(50)42-30(20-23(2)3)36(49)44-33(24(4)5)40(53)54/h8-10,12-13,15-18,23-25,29-34,47H,7,11,14,19-22,41H2,1-6H3,(H,42,50)(H,43,51)(H,44,49)(H,45,48)(H,53,54)/t25-,29-,30-,31-,32-,33-,34-/m0/s1. The Hall–Kier alpha value is -4.98. The lowest BCUT2D eigenvalue weighted by molar-refractivity contribution is -0.144. The van der Waals surface area contributed by atoms with E-state index >= 15 is 0 Å². The van der Waals surface area contributed by atoms with Gasteiger partial charge in [-0.25, -0.2) is 4.79 Å². The van der Waals surface area contributed by atoms with Crippen molar-refractivity contribution in [3.05, 3.63) is 65.7 Å². The fourth-order valence-electron chi connectivity index (χ4n) is 6.49. The molecule has 0 saturated carbocycles. The first-order chi connectivity index (χ1) is 25.5. The third-order valence-corrected chi connectivity index (χ3v) is 9.83. The number of carbonyl (C=O) groups excluding carboxylic acids is 5. The maximum atomic E-state index is 14.4. The number of carbonyl (C=O) groups is 6. The highest BCUT2D eigenvalue weighted by atomic mass is 16.4. The number of aromatic hydroxyl groups is 1. The van der Waals surface area contributed by atoms with E-state index in [1.54, 1.807) is 26.0 Å². The van der Waals surface area contributed by atoms with Crippen molar-refractivity contribution in [2.75, 3.05) is 6.54 Å². The second kappa shape index (κ2) is 20.5. The predicted octanol–water partition coefficient (Wildman–Crippen LogP) is 2.27. The van der Waals surface area contributed by atoms with Crippen molar-refractivity contribution in [2.45, 2.75) is 116 Å². The second-order valence-electron chi connectivity index (χ2n) is 15.0. The van der Waals surface area contributed by atoms with Crippen molar-refractivity contribution in [1.82, 2.24) is 26.2 Å². The van der Waals surface area contributed by atoms with Crippen LogP contribution in [0.25, 0.3) is 0 Å². The Balaban J connectivity index is 1.82. The first-order valence-electron chi connectivity index (χ1n) is 18.8. The van der Waals surface area contributed by atoms with Crippen molar-refractivity contribution in [1.29, 1.82) is 0 Å². The predicted molar refractivity (Wildman–Crippen MR) is 204 cm³/mol. The molecule has 3 rings (SSSR count). The van der Waals surface area contributed by atoms with E-state index in [-0.39, 0.29) is 43.4 Å². The largest absolute Gasteiger partial charge is 0.508 e. The van der Waals surface area contributed by atoms with E-state index in [1.807, 2.05) is 58.0 Å². The number of nitrogens with one attached hydrogen (secondary N) is 4. The molecule has 0 radical (unpaired) electrons. The van der Waals surface area contributed by atoms with Crippen LogP contribution in [0.4, 0.5) is 0 Å². The number of nitrogens with two attached hydrogens (primary N) is 1. The summed E-state index contributed by atoms with van der Waals surface area (Å²) in [4.78, 5) is 82.0. The summed E-state index contributed by atoms with van der Waals surface area (Å²) < 4.78 is 0. The molecule has 0 unspecified atom stereocenters. The molecular weight excluding hydrogens is 692 g/mol. The van der Waals surface area contributed by atoms with Gasteiger partial charge in [0.1, 0.15) is 36.0 Å². The summed E-state index contributed by atoms with van der Waals surface area (Å²) >= 11 is 0. The Morgan fingerprint density at radius 1 is 0.778 bits per heavy atom. The molecule has 0 aromatic heterocycles. The lowest BCUT2D eigenvalue weighted by atomic mass is 9.96. The van der Waals surface area contributed by atoms with Crippen molar-refractivity contribution >= 4 is 35.5 Å². The Morgan fingerprint density at radius 2 is 1.39 bits per heavy atom. The van der Waals surface area contributed by atoms with Gasteiger partial charge in [0.05, 0.1) is 6.04 Å². The van der Waals surface area contributed by atoms with Gasteiger partial charge in [0.2, 0.25) is 29.5 Å². The number of hydrogen-bond acceptors (Lipinski definition) is 8. The highest BCUT2D eigenvalue weighted by molar-refractivity contribution is 5.97. The van der Waals surface area contributed by atoms with Gasteiger partial charge in [-0.15, -0.1) is 0 Å². The molecule has 1 aliphatic heterocycles. The first kappa shape index (κ1) is 43.4. The lowest BCUT2D eigenvalue weighted by Crippen LogP contribution is -2.60. The quantitative estimate of drug-likeness (QED) is 0.112. The maximum Gasteiger partial charge on any atom is 0.326 e. The van der Waals surface area contributed by atoms with E-state index in [2.05, 4.69) is 21.3 Å². The molecule has 1 fully saturated rings. The molecule has 14 nitrogen and oxygen atoms in total. The number of benzene rings is 2. The van der Waals surface area contributed by atoms with Gasteiger partial charge in [0.15, 0.2) is 0 Å². The lowest BCUT2D eigenvalue weighted by Gasteiger charge is -2.32. The van der Waals surface area contributed by atoms with Crippen LogP contribution < -0.4 is 27.0 Å². The molecule has 0 aliphatic carbocycles. The van der Waals surface area contributed by atoms with Gasteiger partial charge in [-0.1, -0.05) is 90.4 Å². The molecule has 14 heteroatoms. The summed E-state index contributed by atoms with van der Waals surface area (Å²) in [7, 11) is 0. The van der Waals surface area contributed by atoms with Crippen LogP contribution in [0.15, 0.2) is 54.6 Å². The average Bonchev–Trinajstić information content (AvgIpc) is 3.62. The molecule has 1 heterocycles. The summed E-state index contributed by atoms with van der Waals surface area (Å²) in [5.74, 6) is -4.61. The van der Waals surface area contributed by atoms with Crippen LogP contribution in [0.5, 0.6) is 5.75 Å². The van der Waals surface area contributed by atoms with Gasteiger partial charge in [-0.3, -0.25) is 24.0 Å². The number of nitrogens with zero attached hydrogens (tertiary/aromatic N) is 1. The van der Waals surface area contributed by atoms with Gasteiger partial charge in [0, 0.05) is 13.0 Å². The van der Waals surface area contributed by atoms with E-state index in [4.69, 9.17) is 5.73 Å². The third kappa shape index (κ3) is 12.6. The zero-order chi connectivity index (χ0) is 40.1.